The third kappa shape index (κ3) is 3.77. The predicted octanol–water partition coefficient (Wildman–Crippen LogP) is 2.03. The van der Waals surface area contributed by atoms with Crippen LogP contribution in [0.4, 0.5) is 0 Å². The standard InChI is InChI=1S/C10H14BrNO3S/c1-8(12-16(13,14)7-11)9-3-5-10(15-2)6-4-9/h3-6,8,12H,7H2,1-2H3. The van der Waals surface area contributed by atoms with Crippen LogP contribution in [0.25, 0.3) is 0 Å². The number of alkyl halides is 1. The second kappa shape index (κ2) is 5.65. The highest BCUT2D eigenvalue weighted by molar-refractivity contribution is 9.10. The van der Waals surface area contributed by atoms with E-state index in [9.17, 15) is 8.42 Å². The number of methoxy groups -OCH3 is 1. The maximum Gasteiger partial charge on any atom is 0.222 e. The Morgan fingerprint density at radius 2 is 1.94 bits per heavy atom. The number of rotatable bonds is 5. The summed E-state index contributed by atoms with van der Waals surface area (Å²) >= 11 is 2.92. The molecule has 0 aliphatic carbocycles. The minimum absolute atomic E-state index is 0.0967. The molecule has 0 bridgehead atoms. The van der Waals surface area contributed by atoms with E-state index in [0.717, 1.165) is 11.3 Å². The van der Waals surface area contributed by atoms with Gasteiger partial charge in [-0.05, 0) is 24.6 Å². The molecule has 16 heavy (non-hydrogen) atoms. The van der Waals surface area contributed by atoms with Gasteiger partial charge in [0.25, 0.3) is 0 Å². The van der Waals surface area contributed by atoms with Crippen LogP contribution in [0.1, 0.15) is 18.5 Å². The zero-order chi connectivity index (χ0) is 12.2. The molecule has 0 aliphatic rings. The first-order chi connectivity index (χ1) is 7.48. The Morgan fingerprint density at radius 1 is 1.38 bits per heavy atom. The van der Waals surface area contributed by atoms with Crippen LogP contribution in [-0.4, -0.2) is 20.2 Å². The zero-order valence-electron chi connectivity index (χ0n) is 9.10. The topological polar surface area (TPSA) is 55.4 Å². The van der Waals surface area contributed by atoms with Crippen LogP contribution >= 0.6 is 15.9 Å². The van der Waals surface area contributed by atoms with Gasteiger partial charge in [0.1, 0.15) is 10.4 Å². The van der Waals surface area contributed by atoms with Gasteiger partial charge in [-0.25, -0.2) is 13.1 Å². The van der Waals surface area contributed by atoms with E-state index in [1.807, 2.05) is 12.1 Å². The van der Waals surface area contributed by atoms with Gasteiger partial charge in [-0.3, -0.25) is 0 Å². The Bertz CT molecular complexity index is 430. The van der Waals surface area contributed by atoms with Crippen LogP contribution in [0.2, 0.25) is 0 Å². The van der Waals surface area contributed by atoms with Crippen LogP contribution in [0, 0.1) is 0 Å². The molecule has 0 amide bonds. The summed E-state index contributed by atoms with van der Waals surface area (Å²) in [5.41, 5.74) is 0.894. The first-order valence-corrected chi connectivity index (χ1v) is 7.46. The van der Waals surface area contributed by atoms with E-state index in [-0.39, 0.29) is 10.7 Å². The van der Waals surface area contributed by atoms with Gasteiger partial charge in [-0.2, -0.15) is 0 Å². The van der Waals surface area contributed by atoms with E-state index in [2.05, 4.69) is 20.7 Å². The summed E-state index contributed by atoms with van der Waals surface area (Å²) in [5, 5.41) is 0. The zero-order valence-corrected chi connectivity index (χ0v) is 11.5. The molecule has 0 fully saturated rings. The van der Waals surface area contributed by atoms with Gasteiger partial charge in [-0.1, -0.05) is 28.1 Å². The third-order valence-corrected chi connectivity index (χ3v) is 4.92. The lowest BCUT2D eigenvalue weighted by atomic mass is 10.1. The predicted molar refractivity (Wildman–Crippen MR) is 67.3 cm³/mol. The Balaban J connectivity index is 2.77. The highest BCUT2D eigenvalue weighted by atomic mass is 79.9. The second-order valence-electron chi connectivity index (χ2n) is 3.34. The number of halogens is 1. The molecule has 90 valence electrons. The van der Waals surface area contributed by atoms with E-state index in [0.29, 0.717) is 0 Å². The van der Waals surface area contributed by atoms with Crippen molar-refractivity contribution in [3.8, 4) is 5.75 Å². The molecule has 0 spiro atoms. The van der Waals surface area contributed by atoms with Crippen LogP contribution in [0.15, 0.2) is 24.3 Å². The first kappa shape index (κ1) is 13.5. The number of nitrogens with one attached hydrogen (secondary N) is 1. The number of hydrogen-bond donors (Lipinski definition) is 1. The van der Waals surface area contributed by atoms with Crippen molar-refractivity contribution in [2.24, 2.45) is 0 Å². The molecule has 0 saturated carbocycles. The minimum atomic E-state index is -3.25. The molecule has 0 saturated heterocycles. The SMILES string of the molecule is COc1ccc(C(C)NS(=O)(=O)CBr)cc1. The maximum atomic E-state index is 11.3. The monoisotopic (exact) mass is 307 g/mol. The largest absolute Gasteiger partial charge is 0.497 e. The Kier molecular flexibility index (Phi) is 4.76. The molecule has 1 aromatic rings. The lowest BCUT2D eigenvalue weighted by Crippen LogP contribution is -2.27. The molecule has 0 aliphatic heterocycles. The molecule has 1 N–H and O–H groups in total. The Hall–Kier alpha value is -0.590. The number of hydrogen-bond acceptors (Lipinski definition) is 3. The molecule has 1 atom stereocenters. The van der Waals surface area contributed by atoms with Crippen molar-refractivity contribution >= 4 is 26.0 Å². The lowest BCUT2D eigenvalue weighted by Gasteiger charge is -2.13. The molecule has 0 aromatic heterocycles. The maximum absolute atomic E-state index is 11.3. The average molecular weight is 308 g/mol. The van der Waals surface area contributed by atoms with Crippen molar-refractivity contribution in [2.75, 3.05) is 11.8 Å². The molecule has 1 rings (SSSR count). The molecule has 4 nitrogen and oxygen atoms in total. The lowest BCUT2D eigenvalue weighted by molar-refractivity contribution is 0.414. The summed E-state index contributed by atoms with van der Waals surface area (Å²) in [6, 6.07) is 7.01. The minimum Gasteiger partial charge on any atom is -0.497 e. The van der Waals surface area contributed by atoms with Crippen molar-refractivity contribution in [1.82, 2.24) is 4.72 Å². The van der Waals surface area contributed by atoms with Crippen molar-refractivity contribution < 1.29 is 13.2 Å². The van der Waals surface area contributed by atoms with Crippen molar-refractivity contribution in [1.29, 1.82) is 0 Å². The number of ether oxygens (including phenoxy) is 1. The highest BCUT2D eigenvalue weighted by Gasteiger charge is 2.13. The van der Waals surface area contributed by atoms with E-state index < -0.39 is 10.0 Å². The Labute approximate surface area is 104 Å². The van der Waals surface area contributed by atoms with Crippen molar-refractivity contribution in [2.45, 2.75) is 13.0 Å². The average Bonchev–Trinajstić information content (AvgIpc) is 2.28. The third-order valence-electron chi connectivity index (χ3n) is 2.12. The number of benzene rings is 1. The molecule has 1 aromatic carbocycles. The summed E-state index contributed by atoms with van der Waals surface area (Å²) in [6.45, 7) is 1.79. The van der Waals surface area contributed by atoms with E-state index in [4.69, 9.17) is 4.74 Å². The first-order valence-electron chi connectivity index (χ1n) is 4.68. The van der Waals surface area contributed by atoms with Gasteiger partial charge in [-0.15, -0.1) is 0 Å². The van der Waals surface area contributed by atoms with Crippen molar-refractivity contribution in [3.63, 3.8) is 0 Å². The molecule has 6 heteroatoms. The summed E-state index contributed by atoms with van der Waals surface area (Å²) < 4.78 is 30.1. The van der Waals surface area contributed by atoms with E-state index in [1.165, 1.54) is 0 Å². The van der Waals surface area contributed by atoms with Gasteiger partial charge < -0.3 is 4.74 Å². The molecular formula is C10H14BrNO3S. The quantitative estimate of drug-likeness (QED) is 0.847. The normalized spacial score (nSPS) is 13.4. The molecule has 1 unspecified atom stereocenters. The fourth-order valence-corrected chi connectivity index (χ4v) is 2.40. The Morgan fingerprint density at radius 3 is 2.38 bits per heavy atom. The molecule has 0 heterocycles. The van der Waals surface area contributed by atoms with E-state index >= 15 is 0 Å². The smallest absolute Gasteiger partial charge is 0.222 e. The van der Waals surface area contributed by atoms with Gasteiger partial charge in [0, 0.05) is 6.04 Å². The summed E-state index contributed by atoms with van der Waals surface area (Å²) in [7, 11) is -1.66. The van der Waals surface area contributed by atoms with Crippen LogP contribution in [0.5, 0.6) is 5.75 Å². The second-order valence-corrected chi connectivity index (χ2v) is 6.39. The fraction of sp³-hybridized carbons (Fsp3) is 0.400. The van der Waals surface area contributed by atoms with Gasteiger partial charge in [0.15, 0.2) is 0 Å². The van der Waals surface area contributed by atoms with Crippen LogP contribution < -0.4 is 9.46 Å². The molecular weight excluding hydrogens is 294 g/mol. The number of sulfonamides is 1. The molecule has 0 radical (unpaired) electrons. The highest BCUT2D eigenvalue weighted by Crippen LogP contribution is 2.18. The van der Waals surface area contributed by atoms with Gasteiger partial charge in [0.2, 0.25) is 10.0 Å². The summed E-state index contributed by atoms with van der Waals surface area (Å²) in [6.07, 6.45) is 0. The van der Waals surface area contributed by atoms with E-state index in [1.54, 1.807) is 26.2 Å². The van der Waals surface area contributed by atoms with Crippen LogP contribution in [-0.2, 0) is 10.0 Å². The summed E-state index contributed by atoms with van der Waals surface area (Å²) in [5.74, 6) is 0.749. The summed E-state index contributed by atoms with van der Waals surface area (Å²) in [4.78, 5) is 0. The van der Waals surface area contributed by atoms with Gasteiger partial charge >= 0.3 is 0 Å². The van der Waals surface area contributed by atoms with Crippen LogP contribution in [0.3, 0.4) is 0 Å². The van der Waals surface area contributed by atoms with Crippen molar-refractivity contribution in [3.05, 3.63) is 29.8 Å². The van der Waals surface area contributed by atoms with Gasteiger partial charge in [0.05, 0.1) is 7.11 Å². The fourth-order valence-electron chi connectivity index (χ4n) is 1.26.